The van der Waals surface area contributed by atoms with Crippen LogP contribution in [0.2, 0.25) is 18.6 Å². The van der Waals surface area contributed by atoms with Gasteiger partial charge < -0.3 is 35.1 Å². The Kier molecular flexibility index (Phi) is 7.19. The Morgan fingerprint density at radius 2 is 2.03 bits per heavy atom. The predicted octanol–water partition coefficient (Wildman–Crippen LogP) is 1.52. The van der Waals surface area contributed by atoms with E-state index in [0.717, 1.165) is 32.2 Å². The molecule has 5 rings (SSSR count). The maximum atomic E-state index is 13.9. The third-order valence-electron chi connectivity index (χ3n) is 9.04. The molecule has 1 aromatic carbocycles. The van der Waals surface area contributed by atoms with E-state index >= 15 is 0 Å². The highest BCUT2D eigenvalue weighted by molar-refractivity contribution is 6.71. The molecule has 4 heterocycles. The molecular formula is C27H40N4O6Si. The van der Waals surface area contributed by atoms with Crippen LogP contribution in [0.15, 0.2) is 18.2 Å². The van der Waals surface area contributed by atoms with Gasteiger partial charge in [0.15, 0.2) is 13.9 Å². The normalized spacial score (nSPS) is 32.9. The summed E-state index contributed by atoms with van der Waals surface area (Å²) in [7, 11) is -1.19. The fourth-order valence-electron chi connectivity index (χ4n) is 7.24. The van der Waals surface area contributed by atoms with Gasteiger partial charge in [-0.3, -0.25) is 14.4 Å². The highest BCUT2D eigenvalue weighted by atomic mass is 28.4. The number of benzene rings is 1. The van der Waals surface area contributed by atoms with Gasteiger partial charge in [-0.15, -0.1) is 0 Å². The van der Waals surface area contributed by atoms with E-state index in [-0.39, 0.29) is 48.4 Å². The number of aliphatic hydroxyl groups excluding tert-OH is 1. The SMILES string of the molecule is C[C@@H]1[C@@H]([Si](C)(C)O)[C@H](CC(=O)N2CCC[C@H]2CO)O[C@@]12C(=O)N(C)c1ccc(NC(=O)[C@H]3CCCN3)cc12. The zero-order valence-electron chi connectivity index (χ0n) is 22.7. The van der Waals surface area contributed by atoms with Crippen LogP contribution in [0.25, 0.3) is 0 Å². The number of nitrogens with one attached hydrogen (secondary N) is 2. The quantitative estimate of drug-likeness (QED) is 0.400. The molecule has 6 atom stereocenters. The van der Waals surface area contributed by atoms with E-state index in [0.29, 0.717) is 23.5 Å². The lowest BCUT2D eigenvalue weighted by atomic mass is 9.82. The van der Waals surface area contributed by atoms with Gasteiger partial charge in [-0.05, 0) is 63.5 Å². The summed E-state index contributed by atoms with van der Waals surface area (Å²) >= 11 is 0. The second-order valence-corrected chi connectivity index (χ2v) is 15.8. The fourth-order valence-corrected chi connectivity index (χ4v) is 9.80. The summed E-state index contributed by atoms with van der Waals surface area (Å²) < 4.78 is 6.68. The second-order valence-electron chi connectivity index (χ2n) is 11.9. The summed E-state index contributed by atoms with van der Waals surface area (Å²) in [5, 5.41) is 15.9. The number of aliphatic hydroxyl groups is 1. The van der Waals surface area contributed by atoms with Gasteiger partial charge in [0.25, 0.3) is 5.91 Å². The van der Waals surface area contributed by atoms with Crippen LogP contribution in [0.5, 0.6) is 0 Å². The number of anilines is 2. The summed E-state index contributed by atoms with van der Waals surface area (Å²) in [6.07, 6.45) is 2.74. The van der Waals surface area contributed by atoms with Crippen LogP contribution >= 0.6 is 0 Å². The highest BCUT2D eigenvalue weighted by Crippen LogP contribution is 2.59. The number of fused-ring (bicyclic) bond motifs is 2. The average molecular weight is 545 g/mol. The third-order valence-corrected chi connectivity index (χ3v) is 11.5. The summed E-state index contributed by atoms with van der Waals surface area (Å²) in [6.45, 7) is 6.91. The summed E-state index contributed by atoms with van der Waals surface area (Å²) in [5.41, 5.74) is 0.204. The first kappa shape index (κ1) is 27.3. The van der Waals surface area contributed by atoms with E-state index in [1.165, 1.54) is 0 Å². The number of amides is 3. The highest BCUT2D eigenvalue weighted by Gasteiger charge is 2.66. The minimum absolute atomic E-state index is 0.0420. The molecule has 3 fully saturated rings. The van der Waals surface area contributed by atoms with Crippen LogP contribution in [0.1, 0.15) is 44.6 Å². The summed E-state index contributed by atoms with van der Waals surface area (Å²) in [5.74, 6) is -0.849. The number of hydrogen-bond acceptors (Lipinski definition) is 7. The minimum atomic E-state index is -2.90. The maximum Gasteiger partial charge on any atom is 0.264 e. The van der Waals surface area contributed by atoms with Crippen molar-refractivity contribution in [1.82, 2.24) is 10.2 Å². The van der Waals surface area contributed by atoms with Crippen molar-refractivity contribution in [2.75, 3.05) is 37.0 Å². The number of likely N-dealkylation sites (N-methyl/N-ethyl adjacent to an activating group) is 1. The lowest BCUT2D eigenvalue weighted by molar-refractivity contribution is -0.149. The predicted molar refractivity (Wildman–Crippen MR) is 145 cm³/mol. The number of carbonyl (C=O) groups is 3. The molecule has 0 bridgehead atoms. The van der Waals surface area contributed by atoms with Gasteiger partial charge in [-0.1, -0.05) is 6.92 Å². The van der Waals surface area contributed by atoms with Gasteiger partial charge in [0.2, 0.25) is 11.8 Å². The minimum Gasteiger partial charge on any atom is -0.432 e. The van der Waals surface area contributed by atoms with E-state index in [4.69, 9.17) is 4.74 Å². The van der Waals surface area contributed by atoms with Gasteiger partial charge >= 0.3 is 0 Å². The monoisotopic (exact) mass is 544 g/mol. The molecule has 0 aromatic heterocycles. The molecule has 0 saturated carbocycles. The van der Waals surface area contributed by atoms with Crippen molar-refractivity contribution in [3.8, 4) is 0 Å². The van der Waals surface area contributed by atoms with Crippen molar-refractivity contribution in [1.29, 1.82) is 0 Å². The van der Waals surface area contributed by atoms with Gasteiger partial charge in [0.05, 0.1) is 36.9 Å². The molecule has 1 spiro atoms. The lowest BCUT2D eigenvalue weighted by Crippen LogP contribution is -2.45. The zero-order valence-corrected chi connectivity index (χ0v) is 23.7. The van der Waals surface area contributed by atoms with Gasteiger partial charge in [-0.2, -0.15) is 0 Å². The largest absolute Gasteiger partial charge is 0.432 e. The van der Waals surface area contributed by atoms with Crippen molar-refractivity contribution >= 4 is 37.4 Å². The van der Waals surface area contributed by atoms with Gasteiger partial charge in [0.1, 0.15) is 0 Å². The van der Waals surface area contributed by atoms with Gasteiger partial charge in [-0.25, -0.2) is 0 Å². The molecule has 11 heteroatoms. The Labute approximate surface area is 224 Å². The number of likely N-dealkylation sites (tertiary alicyclic amines) is 1. The van der Waals surface area contributed by atoms with Crippen molar-refractivity contribution in [3.05, 3.63) is 23.8 Å². The first-order valence-electron chi connectivity index (χ1n) is 13.8. The van der Waals surface area contributed by atoms with Crippen LogP contribution in [0.4, 0.5) is 11.4 Å². The number of rotatable bonds is 6. The number of hydrogen-bond donors (Lipinski definition) is 4. The van der Waals surface area contributed by atoms with Crippen LogP contribution in [0, 0.1) is 5.92 Å². The zero-order chi connectivity index (χ0) is 27.4. The molecule has 4 aliphatic rings. The topological polar surface area (TPSA) is 131 Å². The fraction of sp³-hybridized carbons (Fsp3) is 0.667. The number of ether oxygens (including phenoxy) is 1. The Hall–Kier alpha value is -2.31. The van der Waals surface area contributed by atoms with E-state index in [2.05, 4.69) is 10.6 Å². The molecule has 10 nitrogen and oxygen atoms in total. The van der Waals surface area contributed by atoms with Crippen LogP contribution in [-0.4, -0.2) is 85.8 Å². The maximum absolute atomic E-state index is 13.9. The smallest absolute Gasteiger partial charge is 0.264 e. The molecule has 0 unspecified atom stereocenters. The molecule has 0 aliphatic carbocycles. The van der Waals surface area contributed by atoms with Crippen LogP contribution in [0.3, 0.4) is 0 Å². The van der Waals surface area contributed by atoms with E-state index in [1.807, 2.05) is 32.2 Å². The summed E-state index contributed by atoms with van der Waals surface area (Å²) in [6, 6.07) is 4.99. The molecular weight excluding hydrogens is 504 g/mol. The molecule has 3 amide bonds. The summed E-state index contributed by atoms with van der Waals surface area (Å²) in [4.78, 5) is 54.7. The first-order chi connectivity index (χ1) is 18.0. The third kappa shape index (κ3) is 4.38. The molecule has 4 aliphatic heterocycles. The number of nitrogens with zero attached hydrogens (tertiary/aromatic N) is 2. The number of carbonyl (C=O) groups excluding carboxylic acids is 3. The Morgan fingerprint density at radius 3 is 2.68 bits per heavy atom. The standard InChI is InChI=1S/C27H40N4O6Si/c1-16-24(38(3,4)36)22(14-23(33)31-12-6-7-18(31)15-32)37-27(16)19-13-17(9-10-21(19)30(2)26(27)35)29-25(34)20-8-5-11-28-20/h9-10,13,16,18,20,22,24,28,32,36H,5-8,11-12,14-15H2,1-4H3,(H,29,34)/t16-,18+,20-,22+,24-,27+/m1/s1. The molecule has 4 N–H and O–H groups in total. The Bertz CT molecular complexity index is 1120. The average Bonchev–Trinajstić information content (AvgIpc) is 3.64. The van der Waals surface area contributed by atoms with Crippen LogP contribution < -0.4 is 15.5 Å². The van der Waals surface area contributed by atoms with Gasteiger partial charge in [0, 0.05) is 36.3 Å². The first-order valence-corrected chi connectivity index (χ1v) is 16.8. The Balaban J connectivity index is 1.48. The van der Waals surface area contributed by atoms with Crippen molar-refractivity contribution in [2.24, 2.45) is 5.92 Å². The second kappa shape index (κ2) is 10.0. The molecule has 0 radical (unpaired) electrons. The molecule has 3 saturated heterocycles. The Morgan fingerprint density at radius 1 is 1.26 bits per heavy atom. The lowest BCUT2D eigenvalue weighted by Gasteiger charge is -2.32. The van der Waals surface area contributed by atoms with E-state index in [9.17, 15) is 24.3 Å². The van der Waals surface area contributed by atoms with Crippen LogP contribution in [-0.2, 0) is 24.7 Å². The van der Waals surface area contributed by atoms with E-state index < -0.39 is 25.9 Å². The van der Waals surface area contributed by atoms with Crippen molar-refractivity contribution in [3.63, 3.8) is 0 Å². The molecule has 1 aromatic rings. The van der Waals surface area contributed by atoms with Crippen molar-refractivity contribution in [2.45, 2.75) is 81.5 Å². The molecule has 208 valence electrons. The molecule has 38 heavy (non-hydrogen) atoms. The van der Waals surface area contributed by atoms with Crippen molar-refractivity contribution < 1.29 is 29.0 Å². The van der Waals surface area contributed by atoms with E-state index in [1.54, 1.807) is 22.9 Å².